The van der Waals surface area contributed by atoms with Crippen molar-refractivity contribution >= 4 is 35.2 Å². The van der Waals surface area contributed by atoms with Crippen LogP contribution >= 0.6 is 23.2 Å². The smallest absolute Gasteiger partial charge is 0.408 e. The molecule has 0 saturated heterocycles. The average molecular weight is 373 g/mol. The van der Waals surface area contributed by atoms with Gasteiger partial charge >= 0.3 is 6.09 Å². The van der Waals surface area contributed by atoms with Crippen LogP contribution in [0.1, 0.15) is 44.9 Å². The molecule has 0 radical (unpaired) electrons. The van der Waals surface area contributed by atoms with E-state index in [2.05, 4.69) is 5.32 Å². The van der Waals surface area contributed by atoms with E-state index in [1.54, 1.807) is 31.7 Å². The third-order valence-corrected chi connectivity index (χ3v) is 4.32. The first-order valence-electron chi connectivity index (χ1n) is 7.82. The summed E-state index contributed by atoms with van der Waals surface area (Å²) in [5.41, 5.74) is 1.37. The van der Waals surface area contributed by atoms with Crippen LogP contribution in [0.3, 0.4) is 0 Å². The first kappa shape index (κ1) is 18.9. The lowest BCUT2D eigenvalue weighted by Crippen LogP contribution is -2.45. The molecule has 0 spiro atoms. The Kier molecular flexibility index (Phi) is 5.66. The summed E-state index contributed by atoms with van der Waals surface area (Å²) < 4.78 is 5.13. The fraction of sp³-hybridized carbons (Fsp3) is 0.529. The van der Waals surface area contributed by atoms with Gasteiger partial charge in [-0.05, 0) is 57.4 Å². The molecule has 7 heteroatoms. The van der Waals surface area contributed by atoms with Gasteiger partial charge in [-0.1, -0.05) is 23.2 Å². The number of nitrogens with zero attached hydrogens (tertiary/aromatic N) is 1. The number of amides is 2. The predicted molar refractivity (Wildman–Crippen MR) is 94.5 cm³/mol. The normalized spacial score (nSPS) is 17.2. The molecule has 1 aliphatic heterocycles. The molecule has 0 fully saturated rings. The summed E-state index contributed by atoms with van der Waals surface area (Å²) >= 11 is 12.3. The number of nitrogens with one attached hydrogen (secondary N) is 1. The summed E-state index contributed by atoms with van der Waals surface area (Å²) in [7, 11) is 0. The molecule has 2 rings (SSSR count). The molecule has 132 valence electrons. The zero-order valence-electron chi connectivity index (χ0n) is 14.3. The first-order valence-corrected chi connectivity index (χ1v) is 8.58. The minimum Gasteiger partial charge on any atom is -0.444 e. The number of rotatable bonds is 2. The van der Waals surface area contributed by atoms with Crippen molar-refractivity contribution in [1.82, 2.24) is 10.2 Å². The van der Waals surface area contributed by atoms with Crippen LogP contribution in [-0.2, 0) is 16.0 Å². The Morgan fingerprint density at radius 1 is 1.33 bits per heavy atom. The number of carbonyl (C=O) groups excluding carboxylic acids is 2. The first-order chi connectivity index (χ1) is 11.1. The third-order valence-electron chi connectivity index (χ3n) is 3.79. The van der Waals surface area contributed by atoms with Crippen LogP contribution in [0.2, 0.25) is 10.0 Å². The fourth-order valence-corrected chi connectivity index (χ4v) is 3.50. The van der Waals surface area contributed by atoms with Crippen molar-refractivity contribution in [3.05, 3.63) is 33.3 Å². The molecule has 0 bridgehead atoms. The molecule has 1 atom stereocenters. The third kappa shape index (κ3) is 4.54. The van der Waals surface area contributed by atoms with Crippen molar-refractivity contribution in [3.63, 3.8) is 0 Å². The number of carbonyl (C=O) groups is 2. The van der Waals surface area contributed by atoms with Crippen molar-refractivity contribution in [2.45, 2.75) is 45.8 Å². The molecule has 24 heavy (non-hydrogen) atoms. The quantitative estimate of drug-likeness (QED) is 0.854. The molecule has 0 saturated carbocycles. The van der Waals surface area contributed by atoms with E-state index in [-0.39, 0.29) is 18.5 Å². The van der Waals surface area contributed by atoms with Crippen LogP contribution in [0, 0.1) is 0 Å². The van der Waals surface area contributed by atoms with E-state index >= 15 is 0 Å². The van der Waals surface area contributed by atoms with E-state index in [9.17, 15) is 9.59 Å². The molecule has 1 aromatic carbocycles. The molecule has 0 aromatic heterocycles. The summed E-state index contributed by atoms with van der Waals surface area (Å²) in [4.78, 5) is 25.8. The van der Waals surface area contributed by atoms with Crippen molar-refractivity contribution < 1.29 is 14.3 Å². The van der Waals surface area contributed by atoms with Gasteiger partial charge in [0.25, 0.3) is 0 Å². The highest BCUT2D eigenvalue weighted by Crippen LogP contribution is 2.36. The zero-order valence-corrected chi connectivity index (χ0v) is 15.8. The summed E-state index contributed by atoms with van der Waals surface area (Å²) in [5.74, 6) is -0.176. The highest BCUT2D eigenvalue weighted by molar-refractivity contribution is 6.35. The number of hydrogen-bond acceptors (Lipinski definition) is 3. The second-order valence-electron chi connectivity index (χ2n) is 6.83. The number of fused-ring (bicyclic) bond motifs is 1. The number of ether oxygens (including phenoxy) is 1. The topological polar surface area (TPSA) is 58.6 Å². The van der Waals surface area contributed by atoms with Crippen LogP contribution in [0.4, 0.5) is 4.79 Å². The van der Waals surface area contributed by atoms with Crippen molar-refractivity contribution in [3.8, 4) is 0 Å². The van der Waals surface area contributed by atoms with E-state index in [1.165, 1.54) is 0 Å². The molecular formula is C17H22Cl2N2O3. The highest BCUT2D eigenvalue weighted by Gasteiger charge is 2.30. The molecule has 1 unspecified atom stereocenters. The lowest BCUT2D eigenvalue weighted by Gasteiger charge is -2.36. The van der Waals surface area contributed by atoms with Crippen molar-refractivity contribution in [1.29, 1.82) is 0 Å². The number of alkyl carbamates (subject to hydrolysis) is 1. The summed E-state index contributed by atoms with van der Waals surface area (Å²) in [6.07, 6.45) is 0.0729. The van der Waals surface area contributed by atoms with E-state index in [4.69, 9.17) is 27.9 Å². The molecule has 1 N–H and O–H groups in total. The second kappa shape index (κ2) is 7.19. The van der Waals surface area contributed by atoms with Gasteiger partial charge in [0.2, 0.25) is 5.91 Å². The Morgan fingerprint density at radius 2 is 2.00 bits per heavy atom. The van der Waals surface area contributed by atoms with Gasteiger partial charge < -0.3 is 15.0 Å². The van der Waals surface area contributed by atoms with Gasteiger partial charge in [0.15, 0.2) is 0 Å². The van der Waals surface area contributed by atoms with E-state index in [1.807, 2.05) is 13.0 Å². The zero-order chi connectivity index (χ0) is 18.1. The standard InChI is InChI=1S/C17H22Cl2N2O3/c1-10-15-11(7-12(18)8-13(15)19)5-6-21(10)14(22)9-20-16(23)24-17(2,3)4/h7-8,10H,5-6,9H2,1-4H3,(H,20,23). The maximum atomic E-state index is 12.5. The van der Waals surface area contributed by atoms with E-state index < -0.39 is 11.7 Å². The van der Waals surface area contributed by atoms with Gasteiger partial charge in [0.1, 0.15) is 12.1 Å². The van der Waals surface area contributed by atoms with Crippen LogP contribution in [-0.4, -0.2) is 35.6 Å². The minimum absolute atomic E-state index is 0.111. The maximum Gasteiger partial charge on any atom is 0.408 e. The Hall–Kier alpha value is -1.46. The number of hydrogen-bond donors (Lipinski definition) is 1. The Morgan fingerprint density at radius 3 is 2.62 bits per heavy atom. The summed E-state index contributed by atoms with van der Waals surface area (Å²) in [5, 5.41) is 3.65. The summed E-state index contributed by atoms with van der Waals surface area (Å²) in [6.45, 7) is 7.67. The lowest BCUT2D eigenvalue weighted by atomic mass is 9.93. The minimum atomic E-state index is -0.606. The fourth-order valence-electron chi connectivity index (χ4n) is 2.81. The van der Waals surface area contributed by atoms with E-state index in [0.29, 0.717) is 23.0 Å². The summed E-state index contributed by atoms with van der Waals surface area (Å²) in [6, 6.07) is 3.40. The maximum absolute atomic E-state index is 12.5. The van der Waals surface area contributed by atoms with Crippen LogP contribution in [0.15, 0.2) is 12.1 Å². The van der Waals surface area contributed by atoms with Crippen molar-refractivity contribution in [2.24, 2.45) is 0 Å². The van der Waals surface area contributed by atoms with Crippen LogP contribution in [0.5, 0.6) is 0 Å². The molecule has 5 nitrogen and oxygen atoms in total. The number of benzene rings is 1. The van der Waals surface area contributed by atoms with Gasteiger partial charge in [0, 0.05) is 16.6 Å². The van der Waals surface area contributed by atoms with Gasteiger partial charge in [-0.25, -0.2) is 4.79 Å². The lowest BCUT2D eigenvalue weighted by molar-refractivity contribution is -0.132. The Labute approximate surface area is 152 Å². The Bertz CT molecular complexity index is 656. The molecule has 1 aliphatic rings. The molecular weight excluding hydrogens is 351 g/mol. The van der Waals surface area contributed by atoms with Crippen LogP contribution in [0.25, 0.3) is 0 Å². The largest absolute Gasteiger partial charge is 0.444 e. The Balaban J connectivity index is 2.03. The average Bonchev–Trinajstić information content (AvgIpc) is 2.42. The van der Waals surface area contributed by atoms with E-state index in [0.717, 1.165) is 11.1 Å². The van der Waals surface area contributed by atoms with Gasteiger partial charge in [-0.2, -0.15) is 0 Å². The van der Waals surface area contributed by atoms with Gasteiger partial charge in [0.05, 0.1) is 6.04 Å². The van der Waals surface area contributed by atoms with Gasteiger partial charge in [-0.3, -0.25) is 4.79 Å². The van der Waals surface area contributed by atoms with Gasteiger partial charge in [-0.15, -0.1) is 0 Å². The van der Waals surface area contributed by atoms with Crippen molar-refractivity contribution in [2.75, 3.05) is 13.1 Å². The SMILES string of the molecule is CC1c2c(Cl)cc(Cl)cc2CCN1C(=O)CNC(=O)OC(C)(C)C. The highest BCUT2D eigenvalue weighted by atomic mass is 35.5. The molecule has 1 aromatic rings. The molecule has 2 amide bonds. The number of halogens is 2. The van der Waals surface area contributed by atoms with Crippen LogP contribution < -0.4 is 5.32 Å². The molecule has 1 heterocycles. The predicted octanol–water partition coefficient (Wildman–Crippen LogP) is 3.96. The monoisotopic (exact) mass is 372 g/mol. The second-order valence-corrected chi connectivity index (χ2v) is 7.67. The molecule has 0 aliphatic carbocycles.